The molecule has 2 aromatic carbocycles. The van der Waals surface area contributed by atoms with Gasteiger partial charge in [0, 0.05) is 31.6 Å². The molecule has 9 heteroatoms. The SMILES string of the molecule is CCCCS(=O)(=O)N1CCN(c2nc(-c3c(OC)cccc3OC)nc3cc(C)ccc23)CC1. The molecule has 0 spiro atoms. The Morgan fingerprint density at radius 3 is 2.26 bits per heavy atom. The summed E-state index contributed by atoms with van der Waals surface area (Å²) in [7, 11) is -0.000185. The van der Waals surface area contributed by atoms with Gasteiger partial charge in [-0.2, -0.15) is 4.31 Å². The summed E-state index contributed by atoms with van der Waals surface area (Å²) in [4.78, 5) is 12.0. The van der Waals surface area contributed by atoms with Crippen LogP contribution in [0, 0.1) is 6.92 Å². The maximum absolute atomic E-state index is 12.7. The number of aryl methyl sites for hydroxylation is 1. The number of hydrogen-bond donors (Lipinski definition) is 0. The minimum absolute atomic E-state index is 0.205. The van der Waals surface area contributed by atoms with E-state index >= 15 is 0 Å². The molecule has 34 heavy (non-hydrogen) atoms. The van der Waals surface area contributed by atoms with Gasteiger partial charge in [-0.05, 0) is 43.2 Å². The third-order valence-corrected chi connectivity index (χ3v) is 8.13. The highest BCUT2D eigenvalue weighted by molar-refractivity contribution is 7.89. The Morgan fingerprint density at radius 1 is 0.971 bits per heavy atom. The first kappa shape index (κ1) is 24.2. The van der Waals surface area contributed by atoms with Crippen LogP contribution in [0.5, 0.6) is 11.5 Å². The van der Waals surface area contributed by atoms with E-state index in [1.54, 1.807) is 18.5 Å². The molecule has 182 valence electrons. The molecule has 1 aliphatic rings. The van der Waals surface area contributed by atoms with E-state index in [4.69, 9.17) is 19.4 Å². The van der Waals surface area contributed by atoms with Crippen molar-refractivity contribution < 1.29 is 17.9 Å². The zero-order chi connectivity index (χ0) is 24.3. The van der Waals surface area contributed by atoms with Crippen LogP contribution in [0.4, 0.5) is 5.82 Å². The van der Waals surface area contributed by atoms with E-state index in [0.29, 0.717) is 55.5 Å². The lowest BCUT2D eigenvalue weighted by Crippen LogP contribution is -2.49. The van der Waals surface area contributed by atoms with Crippen molar-refractivity contribution in [3.05, 3.63) is 42.0 Å². The molecule has 0 atom stereocenters. The molecule has 0 amide bonds. The number of sulfonamides is 1. The third-order valence-electron chi connectivity index (χ3n) is 6.17. The van der Waals surface area contributed by atoms with Crippen LogP contribution in [0.1, 0.15) is 25.3 Å². The quantitative estimate of drug-likeness (QED) is 0.480. The molecule has 0 saturated carbocycles. The molecular weight excluding hydrogens is 452 g/mol. The second-order valence-corrected chi connectivity index (χ2v) is 10.6. The molecule has 0 radical (unpaired) electrons. The van der Waals surface area contributed by atoms with Crippen molar-refractivity contribution in [1.82, 2.24) is 14.3 Å². The van der Waals surface area contributed by atoms with Crippen molar-refractivity contribution in [2.75, 3.05) is 51.1 Å². The average Bonchev–Trinajstić information content (AvgIpc) is 2.86. The van der Waals surface area contributed by atoms with Gasteiger partial charge in [0.25, 0.3) is 0 Å². The number of benzene rings is 2. The molecule has 4 rings (SSSR count). The van der Waals surface area contributed by atoms with Gasteiger partial charge in [0.2, 0.25) is 10.0 Å². The van der Waals surface area contributed by atoms with Gasteiger partial charge in [0.05, 0.1) is 25.5 Å². The second-order valence-electron chi connectivity index (χ2n) is 8.48. The summed E-state index contributed by atoms with van der Waals surface area (Å²) in [5, 5.41) is 0.936. The van der Waals surface area contributed by atoms with E-state index < -0.39 is 10.0 Å². The largest absolute Gasteiger partial charge is 0.496 e. The minimum Gasteiger partial charge on any atom is -0.496 e. The van der Waals surface area contributed by atoms with Crippen LogP contribution in [-0.4, -0.2) is 68.8 Å². The number of unbranched alkanes of at least 4 members (excludes halogenated alkanes) is 1. The molecule has 8 nitrogen and oxygen atoms in total. The predicted molar refractivity (Wildman–Crippen MR) is 135 cm³/mol. The number of nitrogens with zero attached hydrogens (tertiary/aromatic N) is 4. The van der Waals surface area contributed by atoms with Gasteiger partial charge in [-0.25, -0.2) is 18.4 Å². The van der Waals surface area contributed by atoms with E-state index in [1.165, 1.54) is 0 Å². The fourth-order valence-corrected chi connectivity index (χ4v) is 5.91. The van der Waals surface area contributed by atoms with Crippen LogP contribution < -0.4 is 14.4 Å². The van der Waals surface area contributed by atoms with Gasteiger partial charge < -0.3 is 14.4 Å². The molecule has 1 aliphatic heterocycles. The molecule has 0 unspecified atom stereocenters. The molecule has 0 N–H and O–H groups in total. The predicted octanol–water partition coefficient (Wildman–Crippen LogP) is 3.87. The molecule has 2 heterocycles. The summed E-state index contributed by atoms with van der Waals surface area (Å²) in [6, 6.07) is 11.7. The maximum Gasteiger partial charge on any atom is 0.214 e. The summed E-state index contributed by atoms with van der Waals surface area (Å²) in [5.41, 5.74) is 2.62. The molecular formula is C25H32N4O4S. The molecule has 3 aromatic rings. The molecule has 0 aliphatic carbocycles. The highest BCUT2D eigenvalue weighted by atomic mass is 32.2. The molecule has 0 bridgehead atoms. The van der Waals surface area contributed by atoms with Crippen molar-refractivity contribution >= 4 is 26.7 Å². The monoisotopic (exact) mass is 484 g/mol. The summed E-state index contributed by atoms with van der Waals surface area (Å²) in [6.45, 7) is 6.04. The number of aromatic nitrogens is 2. The lowest BCUT2D eigenvalue weighted by atomic mass is 10.1. The number of methoxy groups -OCH3 is 2. The second kappa shape index (κ2) is 10.1. The van der Waals surface area contributed by atoms with E-state index in [9.17, 15) is 8.42 Å². The van der Waals surface area contributed by atoms with E-state index in [1.807, 2.05) is 50.2 Å². The smallest absolute Gasteiger partial charge is 0.214 e. The Hall–Kier alpha value is -2.91. The molecule has 1 aromatic heterocycles. The lowest BCUT2D eigenvalue weighted by Gasteiger charge is -2.35. The van der Waals surface area contributed by atoms with Crippen LogP contribution in [0.3, 0.4) is 0 Å². The van der Waals surface area contributed by atoms with Crippen molar-refractivity contribution in [2.45, 2.75) is 26.7 Å². The number of fused-ring (bicyclic) bond motifs is 1. The van der Waals surface area contributed by atoms with E-state index in [0.717, 1.165) is 28.7 Å². The Morgan fingerprint density at radius 2 is 1.65 bits per heavy atom. The first-order chi connectivity index (χ1) is 16.4. The first-order valence-electron chi connectivity index (χ1n) is 11.6. The fourth-order valence-electron chi connectivity index (χ4n) is 4.28. The van der Waals surface area contributed by atoms with E-state index in [-0.39, 0.29) is 5.75 Å². The molecule has 1 saturated heterocycles. The Labute approximate surface area is 201 Å². The van der Waals surface area contributed by atoms with Gasteiger partial charge in [0.1, 0.15) is 22.9 Å². The van der Waals surface area contributed by atoms with Gasteiger partial charge in [0.15, 0.2) is 5.82 Å². The highest BCUT2D eigenvalue weighted by Crippen LogP contribution is 2.38. The van der Waals surface area contributed by atoms with Gasteiger partial charge in [-0.1, -0.05) is 25.5 Å². The molecule has 1 fully saturated rings. The van der Waals surface area contributed by atoms with E-state index in [2.05, 4.69) is 4.90 Å². The van der Waals surface area contributed by atoms with Crippen LogP contribution in [0.15, 0.2) is 36.4 Å². The van der Waals surface area contributed by atoms with Crippen molar-refractivity contribution in [3.63, 3.8) is 0 Å². The topological polar surface area (TPSA) is 84.9 Å². The van der Waals surface area contributed by atoms with Gasteiger partial charge in [-0.15, -0.1) is 0 Å². The normalized spacial score (nSPS) is 15.0. The number of ether oxygens (including phenoxy) is 2. The zero-order valence-corrected chi connectivity index (χ0v) is 21.1. The Balaban J connectivity index is 1.75. The highest BCUT2D eigenvalue weighted by Gasteiger charge is 2.28. The van der Waals surface area contributed by atoms with Crippen molar-refractivity contribution in [1.29, 1.82) is 0 Å². The maximum atomic E-state index is 12.7. The lowest BCUT2D eigenvalue weighted by molar-refractivity contribution is 0.383. The number of hydrogen-bond acceptors (Lipinski definition) is 7. The summed E-state index contributed by atoms with van der Waals surface area (Å²) in [5.74, 6) is 2.77. The van der Waals surface area contributed by atoms with Crippen LogP contribution in [0.2, 0.25) is 0 Å². The third kappa shape index (κ3) is 4.81. The number of rotatable bonds is 8. The van der Waals surface area contributed by atoms with Crippen molar-refractivity contribution in [3.8, 4) is 22.9 Å². The van der Waals surface area contributed by atoms with Gasteiger partial charge in [-0.3, -0.25) is 0 Å². The van der Waals surface area contributed by atoms with Gasteiger partial charge >= 0.3 is 0 Å². The fraction of sp³-hybridized carbons (Fsp3) is 0.440. The Bertz CT molecular complexity index is 1250. The first-order valence-corrected chi connectivity index (χ1v) is 13.2. The zero-order valence-electron chi connectivity index (χ0n) is 20.2. The van der Waals surface area contributed by atoms with Crippen LogP contribution in [0.25, 0.3) is 22.3 Å². The summed E-state index contributed by atoms with van der Waals surface area (Å²) < 4.78 is 38.2. The average molecular weight is 485 g/mol. The van der Waals surface area contributed by atoms with Crippen molar-refractivity contribution in [2.24, 2.45) is 0 Å². The number of piperazine rings is 1. The standard InChI is InChI=1S/C25H32N4O4S/c1-5-6-16-34(30,31)29-14-12-28(13-15-29)25-19-11-10-18(2)17-20(19)26-24(27-25)23-21(32-3)8-7-9-22(23)33-4/h7-11,17H,5-6,12-16H2,1-4H3. The summed E-state index contributed by atoms with van der Waals surface area (Å²) >= 11 is 0. The van der Waals surface area contributed by atoms with Crippen LogP contribution in [-0.2, 0) is 10.0 Å². The minimum atomic E-state index is -3.23. The number of anilines is 1. The Kier molecular flexibility index (Phi) is 7.23. The summed E-state index contributed by atoms with van der Waals surface area (Å²) in [6.07, 6.45) is 1.54. The van der Waals surface area contributed by atoms with Crippen LogP contribution >= 0.6 is 0 Å².